The number of hydrogen-bond donors (Lipinski definition) is 2. The molecule has 0 amide bonds. The lowest BCUT2D eigenvalue weighted by Gasteiger charge is -2.22. The van der Waals surface area contributed by atoms with E-state index in [9.17, 15) is 4.79 Å². The molecule has 22 heavy (non-hydrogen) atoms. The Kier molecular flexibility index (Phi) is 4.47. The van der Waals surface area contributed by atoms with E-state index in [-0.39, 0.29) is 24.0 Å². The summed E-state index contributed by atoms with van der Waals surface area (Å²) in [7, 11) is 0. The van der Waals surface area contributed by atoms with E-state index in [1.54, 1.807) is 0 Å². The van der Waals surface area contributed by atoms with Crippen molar-refractivity contribution in [2.45, 2.75) is 50.7 Å². The van der Waals surface area contributed by atoms with Gasteiger partial charge in [-0.25, -0.2) is 0 Å². The summed E-state index contributed by atoms with van der Waals surface area (Å²) in [6.07, 6.45) is 1.67. The summed E-state index contributed by atoms with van der Waals surface area (Å²) < 4.78 is 11.8. The fraction of sp³-hybridized carbons (Fsp3) is 0.588. The number of ether oxygens (including phenoxy) is 2. The lowest BCUT2D eigenvalue weighted by atomic mass is 10.0. The normalized spacial score (nSPS) is 32.3. The molecule has 0 saturated carbocycles. The van der Waals surface area contributed by atoms with Crippen LogP contribution >= 0.6 is 0 Å². The minimum atomic E-state index is -0.604. The molecule has 0 bridgehead atoms. The minimum absolute atomic E-state index is 0.146. The zero-order chi connectivity index (χ0) is 15.6. The second kappa shape index (κ2) is 6.36. The molecule has 0 aliphatic carbocycles. The average molecular weight is 304 g/mol. The second-order valence-electron chi connectivity index (χ2n) is 6.14. The van der Waals surface area contributed by atoms with Crippen LogP contribution in [0, 0.1) is 0 Å². The van der Waals surface area contributed by atoms with Crippen LogP contribution in [0.25, 0.3) is 0 Å². The summed E-state index contributed by atoms with van der Waals surface area (Å²) in [4.78, 5) is 12.6. The van der Waals surface area contributed by atoms with E-state index in [0.717, 1.165) is 12.1 Å². The van der Waals surface area contributed by atoms with Crippen LogP contribution in [-0.2, 0) is 14.3 Å². The Hall–Kier alpha value is -1.43. The van der Waals surface area contributed by atoms with Gasteiger partial charge in [-0.15, -0.1) is 0 Å². The van der Waals surface area contributed by atoms with Gasteiger partial charge in [0, 0.05) is 12.1 Å². The van der Waals surface area contributed by atoms with Gasteiger partial charge < -0.3 is 20.1 Å². The highest BCUT2D eigenvalue weighted by molar-refractivity contribution is 5.91. The number of carbonyl (C=O) groups excluding carboxylic acids is 1. The van der Waals surface area contributed by atoms with Gasteiger partial charge in [0.1, 0.15) is 0 Å². The summed E-state index contributed by atoms with van der Waals surface area (Å²) in [5.41, 5.74) is 0.954. The van der Waals surface area contributed by atoms with Gasteiger partial charge in [-0.2, -0.15) is 0 Å². The molecule has 5 nitrogen and oxygen atoms in total. The molecule has 2 heterocycles. The van der Waals surface area contributed by atoms with Gasteiger partial charge in [0.15, 0.2) is 11.6 Å². The first-order valence-corrected chi connectivity index (χ1v) is 8.02. The lowest BCUT2D eigenvalue weighted by Crippen LogP contribution is -2.40. The van der Waals surface area contributed by atoms with Gasteiger partial charge in [0.05, 0.1) is 31.3 Å². The molecule has 120 valence electrons. The molecule has 2 fully saturated rings. The molecule has 3 unspecified atom stereocenters. The topological polar surface area (TPSA) is 59.6 Å². The molecule has 0 aromatic heterocycles. The second-order valence-corrected chi connectivity index (χ2v) is 6.14. The van der Waals surface area contributed by atoms with Crippen molar-refractivity contribution in [2.24, 2.45) is 0 Å². The van der Waals surface area contributed by atoms with Crippen LogP contribution in [0.1, 0.15) is 26.7 Å². The van der Waals surface area contributed by atoms with Crippen LogP contribution < -0.4 is 10.6 Å². The summed E-state index contributed by atoms with van der Waals surface area (Å²) in [6.45, 7) is 5.19. The molecule has 1 spiro atoms. The SMILES string of the molecule is CCC1COC2(CNC(C(=O)[C@H](C)Nc3ccccc3)C2)O1. The molecule has 2 N–H and O–H groups in total. The zero-order valence-electron chi connectivity index (χ0n) is 13.2. The highest BCUT2D eigenvalue weighted by Gasteiger charge is 2.49. The molecule has 5 heteroatoms. The standard InChI is InChI=1S/C17H24N2O3/c1-3-14-10-21-17(22-14)9-15(18-11-17)16(20)12(2)19-13-7-5-4-6-8-13/h4-8,12,14-15,18-19H,3,9-11H2,1-2H3/t12-,14?,15?,17?/m0/s1. The first kappa shape index (κ1) is 15.5. The van der Waals surface area contributed by atoms with E-state index in [4.69, 9.17) is 9.47 Å². The number of nitrogens with one attached hydrogen (secondary N) is 2. The Morgan fingerprint density at radius 2 is 2.23 bits per heavy atom. The number of ketones is 1. The Bertz CT molecular complexity index is 522. The maximum atomic E-state index is 12.6. The largest absolute Gasteiger partial charge is 0.375 e. The fourth-order valence-corrected chi connectivity index (χ4v) is 3.11. The third-order valence-corrected chi connectivity index (χ3v) is 4.43. The number of rotatable bonds is 5. The highest BCUT2D eigenvalue weighted by Crippen LogP contribution is 2.33. The van der Waals surface area contributed by atoms with E-state index in [0.29, 0.717) is 19.6 Å². The molecular weight excluding hydrogens is 280 g/mol. The number of benzene rings is 1. The van der Waals surface area contributed by atoms with E-state index >= 15 is 0 Å². The molecule has 1 aromatic rings. The van der Waals surface area contributed by atoms with Crippen molar-refractivity contribution >= 4 is 11.5 Å². The molecule has 4 atom stereocenters. The van der Waals surface area contributed by atoms with Gasteiger partial charge in [-0.05, 0) is 25.5 Å². The molecular formula is C17H24N2O3. The first-order chi connectivity index (χ1) is 10.6. The molecule has 0 radical (unpaired) electrons. The predicted molar refractivity (Wildman–Crippen MR) is 84.8 cm³/mol. The number of anilines is 1. The van der Waals surface area contributed by atoms with Gasteiger partial charge >= 0.3 is 0 Å². The first-order valence-electron chi connectivity index (χ1n) is 8.02. The monoisotopic (exact) mass is 304 g/mol. The van der Waals surface area contributed by atoms with Gasteiger partial charge in [0.25, 0.3) is 0 Å². The number of para-hydroxylation sites is 1. The third-order valence-electron chi connectivity index (χ3n) is 4.43. The smallest absolute Gasteiger partial charge is 0.183 e. The Morgan fingerprint density at radius 3 is 2.91 bits per heavy atom. The van der Waals surface area contributed by atoms with Crippen molar-refractivity contribution < 1.29 is 14.3 Å². The molecule has 2 aliphatic rings. The van der Waals surface area contributed by atoms with Crippen LogP contribution in [0.4, 0.5) is 5.69 Å². The molecule has 3 rings (SSSR count). The quantitative estimate of drug-likeness (QED) is 0.870. The van der Waals surface area contributed by atoms with Crippen LogP contribution in [0.15, 0.2) is 30.3 Å². The van der Waals surface area contributed by atoms with E-state index in [1.807, 2.05) is 37.3 Å². The van der Waals surface area contributed by atoms with Crippen molar-refractivity contribution in [3.63, 3.8) is 0 Å². The highest BCUT2D eigenvalue weighted by atomic mass is 16.7. The Morgan fingerprint density at radius 1 is 1.45 bits per heavy atom. The van der Waals surface area contributed by atoms with Crippen molar-refractivity contribution in [3.05, 3.63) is 30.3 Å². The van der Waals surface area contributed by atoms with Gasteiger partial charge in [-0.3, -0.25) is 4.79 Å². The van der Waals surface area contributed by atoms with Crippen LogP contribution in [-0.4, -0.2) is 42.9 Å². The van der Waals surface area contributed by atoms with Crippen LogP contribution in [0.2, 0.25) is 0 Å². The van der Waals surface area contributed by atoms with E-state index < -0.39 is 5.79 Å². The minimum Gasteiger partial charge on any atom is -0.375 e. The van der Waals surface area contributed by atoms with Crippen LogP contribution in [0.5, 0.6) is 0 Å². The Labute approximate surface area is 131 Å². The molecule has 2 aliphatic heterocycles. The summed E-state index contributed by atoms with van der Waals surface area (Å²) in [5, 5.41) is 6.51. The summed E-state index contributed by atoms with van der Waals surface area (Å²) in [5.74, 6) is -0.458. The van der Waals surface area contributed by atoms with Crippen molar-refractivity contribution in [2.75, 3.05) is 18.5 Å². The fourth-order valence-electron chi connectivity index (χ4n) is 3.11. The zero-order valence-corrected chi connectivity index (χ0v) is 13.2. The number of Topliss-reactive ketones (excluding diaryl/α,β-unsaturated/α-hetero) is 1. The van der Waals surface area contributed by atoms with Gasteiger partial charge in [-0.1, -0.05) is 25.1 Å². The van der Waals surface area contributed by atoms with Gasteiger partial charge in [0.2, 0.25) is 0 Å². The molecule has 2 saturated heterocycles. The lowest BCUT2D eigenvalue weighted by molar-refractivity contribution is -0.154. The summed E-state index contributed by atoms with van der Waals surface area (Å²) >= 11 is 0. The Balaban J connectivity index is 1.57. The number of hydrogen-bond acceptors (Lipinski definition) is 5. The van der Waals surface area contributed by atoms with Crippen molar-refractivity contribution in [1.29, 1.82) is 0 Å². The van der Waals surface area contributed by atoms with E-state index in [2.05, 4.69) is 17.6 Å². The number of carbonyl (C=O) groups is 1. The predicted octanol–water partition coefficient (Wildman–Crippen LogP) is 1.94. The third kappa shape index (κ3) is 3.16. The van der Waals surface area contributed by atoms with Crippen LogP contribution in [0.3, 0.4) is 0 Å². The van der Waals surface area contributed by atoms with E-state index in [1.165, 1.54) is 0 Å². The maximum Gasteiger partial charge on any atom is 0.183 e. The van der Waals surface area contributed by atoms with Crippen molar-refractivity contribution in [3.8, 4) is 0 Å². The average Bonchev–Trinajstić information content (AvgIpc) is 3.15. The summed E-state index contributed by atoms with van der Waals surface area (Å²) in [6, 6.07) is 9.31. The van der Waals surface area contributed by atoms with Crippen molar-refractivity contribution in [1.82, 2.24) is 5.32 Å². The molecule has 1 aromatic carbocycles. The maximum absolute atomic E-state index is 12.6.